The summed E-state index contributed by atoms with van der Waals surface area (Å²) in [5.74, 6) is 0.0221. The quantitative estimate of drug-likeness (QED) is 0.820. The van der Waals surface area contributed by atoms with Crippen LogP contribution in [0.25, 0.3) is 0 Å². The number of amides is 1. The number of hydrogen-bond donors (Lipinski definition) is 2. The van der Waals surface area contributed by atoms with Gasteiger partial charge in [0.25, 0.3) is 5.91 Å². The molecule has 1 heterocycles. The molecule has 1 aliphatic rings. The van der Waals surface area contributed by atoms with Gasteiger partial charge in [0.15, 0.2) is 0 Å². The number of carbonyl (C=O) groups excluding carboxylic acids is 1. The van der Waals surface area contributed by atoms with Gasteiger partial charge in [0.2, 0.25) is 0 Å². The summed E-state index contributed by atoms with van der Waals surface area (Å²) in [5.41, 5.74) is 1.86. The van der Waals surface area contributed by atoms with E-state index >= 15 is 0 Å². The summed E-state index contributed by atoms with van der Waals surface area (Å²) in [6, 6.07) is 7.69. The Morgan fingerprint density at radius 2 is 2.17 bits per heavy atom. The van der Waals surface area contributed by atoms with Crippen LogP contribution >= 0.6 is 0 Å². The van der Waals surface area contributed by atoms with Gasteiger partial charge in [-0.25, -0.2) is 0 Å². The molecule has 18 heavy (non-hydrogen) atoms. The second-order valence-electron chi connectivity index (χ2n) is 4.72. The minimum Gasteiger partial charge on any atom is -0.351 e. The molecule has 0 aliphatic carbocycles. The van der Waals surface area contributed by atoms with Crippen molar-refractivity contribution in [1.82, 2.24) is 15.5 Å². The lowest BCUT2D eigenvalue weighted by Crippen LogP contribution is -2.46. The highest BCUT2D eigenvalue weighted by Gasteiger charge is 2.10. The highest BCUT2D eigenvalue weighted by atomic mass is 16.1. The summed E-state index contributed by atoms with van der Waals surface area (Å²) in [5, 5.41) is 6.29. The summed E-state index contributed by atoms with van der Waals surface area (Å²) in [7, 11) is 0. The number of nitrogens with zero attached hydrogens (tertiary/aromatic N) is 1. The summed E-state index contributed by atoms with van der Waals surface area (Å²) >= 11 is 0. The van der Waals surface area contributed by atoms with Crippen molar-refractivity contribution in [3.8, 4) is 0 Å². The monoisotopic (exact) mass is 247 g/mol. The van der Waals surface area contributed by atoms with E-state index < -0.39 is 0 Å². The van der Waals surface area contributed by atoms with Gasteiger partial charge in [-0.15, -0.1) is 0 Å². The minimum atomic E-state index is 0.0221. The normalized spacial score (nSPS) is 16.5. The van der Waals surface area contributed by atoms with Crippen molar-refractivity contribution in [3.63, 3.8) is 0 Å². The zero-order valence-corrected chi connectivity index (χ0v) is 10.9. The van der Waals surface area contributed by atoms with Crippen molar-refractivity contribution >= 4 is 5.91 Å². The Bertz CT molecular complexity index is 400. The van der Waals surface area contributed by atoms with E-state index in [1.54, 1.807) is 0 Å². The molecule has 0 bridgehead atoms. The van der Waals surface area contributed by atoms with Crippen LogP contribution in [-0.4, -0.2) is 50.1 Å². The fraction of sp³-hybridized carbons (Fsp3) is 0.500. The van der Waals surface area contributed by atoms with Gasteiger partial charge in [0.1, 0.15) is 0 Å². The van der Waals surface area contributed by atoms with Crippen LogP contribution in [0.5, 0.6) is 0 Å². The average molecular weight is 247 g/mol. The zero-order chi connectivity index (χ0) is 12.8. The Kier molecular flexibility index (Phi) is 4.73. The molecule has 2 rings (SSSR count). The summed E-state index contributed by atoms with van der Waals surface area (Å²) in [4.78, 5) is 14.3. The first-order valence-electron chi connectivity index (χ1n) is 6.53. The van der Waals surface area contributed by atoms with Gasteiger partial charge in [-0.3, -0.25) is 9.69 Å². The standard InChI is InChI=1S/C14H21N3O/c1-12-3-2-4-13(11-12)14(18)16-7-10-17-8-5-15-6-9-17/h2-4,11,15H,5-10H2,1H3,(H,16,18). The lowest BCUT2D eigenvalue weighted by molar-refractivity contribution is 0.0947. The molecule has 1 fully saturated rings. The van der Waals surface area contributed by atoms with Crippen molar-refractivity contribution in [2.75, 3.05) is 39.3 Å². The number of piperazine rings is 1. The Morgan fingerprint density at radius 3 is 2.89 bits per heavy atom. The first kappa shape index (κ1) is 13.1. The van der Waals surface area contributed by atoms with Gasteiger partial charge >= 0.3 is 0 Å². The van der Waals surface area contributed by atoms with E-state index in [2.05, 4.69) is 15.5 Å². The molecule has 0 radical (unpaired) electrons. The van der Waals surface area contributed by atoms with Crippen LogP contribution < -0.4 is 10.6 Å². The van der Waals surface area contributed by atoms with E-state index in [9.17, 15) is 4.79 Å². The maximum Gasteiger partial charge on any atom is 0.251 e. The molecule has 4 heteroatoms. The third-order valence-electron chi connectivity index (χ3n) is 3.20. The van der Waals surface area contributed by atoms with Gasteiger partial charge in [0.05, 0.1) is 0 Å². The van der Waals surface area contributed by atoms with Crippen molar-refractivity contribution < 1.29 is 4.79 Å². The first-order chi connectivity index (χ1) is 8.75. The molecule has 4 nitrogen and oxygen atoms in total. The predicted molar refractivity (Wildman–Crippen MR) is 72.8 cm³/mol. The molecule has 0 unspecified atom stereocenters. The first-order valence-corrected chi connectivity index (χ1v) is 6.53. The lowest BCUT2D eigenvalue weighted by Gasteiger charge is -2.27. The number of aryl methyl sites for hydroxylation is 1. The molecule has 0 spiro atoms. The van der Waals surface area contributed by atoms with Crippen LogP contribution in [0.1, 0.15) is 15.9 Å². The fourth-order valence-electron chi connectivity index (χ4n) is 2.15. The van der Waals surface area contributed by atoms with Crippen molar-refractivity contribution in [3.05, 3.63) is 35.4 Å². The molecule has 0 saturated carbocycles. The third kappa shape index (κ3) is 3.82. The maximum absolute atomic E-state index is 11.9. The van der Waals surface area contributed by atoms with Gasteiger partial charge in [-0.05, 0) is 19.1 Å². The lowest BCUT2D eigenvalue weighted by atomic mass is 10.1. The molecule has 1 aliphatic heterocycles. The molecule has 0 aromatic heterocycles. The minimum absolute atomic E-state index is 0.0221. The van der Waals surface area contributed by atoms with Gasteiger partial charge in [0, 0.05) is 44.8 Å². The maximum atomic E-state index is 11.9. The number of rotatable bonds is 4. The fourth-order valence-corrected chi connectivity index (χ4v) is 2.15. The summed E-state index contributed by atoms with van der Waals surface area (Å²) in [6.45, 7) is 7.88. The molecule has 1 aromatic rings. The molecule has 1 saturated heterocycles. The predicted octanol–water partition coefficient (Wildman–Crippen LogP) is 0.630. The van der Waals surface area contributed by atoms with Crippen molar-refractivity contribution in [2.24, 2.45) is 0 Å². The van der Waals surface area contributed by atoms with E-state index in [4.69, 9.17) is 0 Å². The van der Waals surface area contributed by atoms with Crippen LogP contribution in [0.4, 0.5) is 0 Å². The van der Waals surface area contributed by atoms with E-state index in [1.165, 1.54) is 0 Å². The number of hydrogen-bond acceptors (Lipinski definition) is 3. The molecule has 1 amide bonds. The van der Waals surface area contributed by atoms with Crippen LogP contribution in [-0.2, 0) is 0 Å². The zero-order valence-electron chi connectivity index (χ0n) is 10.9. The Balaban J connectivity index is 1.74. The highest BCUT2D eigenvalue weighted by Crippen LogP contribution is 2.03. The van der Waals surface area contributed by atoms with Crippen molar-refractivity contribution in [2.45, 2.75) is 6.92 Å². The van der Waals surface area contributed by atoms with E-state index in [-0.39, 0.29) is 5.91 Å². The van der Waals surface area contributed by atoms with E-state index in [0.29, 0.717) is 6.54 Å². The van der Waals surface area contributed by atoms with Crippen LogP contribution in [0.15, 0.2) is 24.3 Å². The molecule has 98 valence electrons. The topological polar surface area (TPSA) is 44.4 Å². The molecule has 2 N–H and O–H groups in total. The number of benzene rings is 1. The van der Waals surface area contributed by atoms with Gasteiger partial charge in [-0.2, -0.15) is 0 Å². The van der Waals surface area contributed by atoms with E-state index in [0.717, 1.165) is 43.9 Å². The number of carbonyl (C=O) groups is 1. The molecule has 0 atom stereocenters. The summed E-state index contributed by atoms with van der Waals surface area (Å²) in [6.07, 6.45) is 0. The Morgan fingerprint density at radius 1 is 1.39 bits per heavy atom. The molecule has 1 aromatic carbocycles. The smallest absolute Gasteiger partial charge is 0.251 e. The van der Waals surface area contributed by atoms with Gasteiger partial charge in [-0.1, -0.05) is 17.7 Å². The van der Waals surface area contributed by atoms with Crippen LogP contribution in [0, 0.1) is 6.92 Å². The van der Waals surface area contributed by atoms with E-state index in [1.807, 2.05) is 31.2 Å². The van der Waals surface area contributed by atoms with Crippen LogP contribution in [0.2, 0.25) is 0 Å². The largest absolute Gasteiger partial charge is 0.351 e. The summed E-state index contributed by atoms with van der Waals surface area (Å²) < 4.78 is 0. The van der Waals surface area contributed by atoms with Gasteiger partial charge < -0.3 is 10.6 Å². The Hall–Kier alpha value is -1.39. The highest BCUT2D eigenvalue weighted by molar-refractivity contribution is 5.94. The third-order valence-corrected chi connectivity index (χ3v) is 3.20. The second kappa shape index (κ2) is 6.52. The molecular weight excluding hydrogens is 226 g/mol. The van der Waals surface area contributed by atoms with Crippen LogP contribution in [0.3, 0.4) is 0 Å². The second-order valence-corrected chi connectivity index (χ2v) is 4.72. The Labute approximate surface area is 108 Å². The SMILES string of the molecule is Cc1cccc(C(=O)NCCN2CCNCC2)c1. The number of nitrogens with one attached hydrogen (secondary N) is 2. The average Bonchev–Trinajstić information content (AvgIpc) is 2.40. The molecular formula is C14H21N3O. The van der Waals surface area contributed by atoms with Crippen molar-refractivity contribution in [1.29, 1.82) is 0 Å².